The number of nitrogens with zero attached hydrogens (tertiary/aromatic N) is 7. The van der Waals surface area contributed by atoms with E-state index in [1.54, 1.807) is 0 Å². The highest BCUT2D eigenvalue weighted by atomic mass is 16.4. The molecule has 9 nitrogen and oxygen atoms in total. The molecule has 88 valence electrons. The molecule has 0 bridgehead atoms. The van der Waals surface area contributed by atoms with Crippen LogP contribution in [0.3, 0.4) is 0 Å². The van der Waals surface area contributed by atoms with Crippen LogP contribution in [0, 0.1) is 13.8 Å². The van der Waals surface area contributed by atoms with Gasteiger partial charge in [0.1, 0.15) is 6.33 Å². The van der Waals surface area contributed by atoms with Crippen molar-refractivity contribution in [2.75, 3.05) is 0 Å². The van der Waals surface area contributed by atoms with Gasteiger partial charge >= 0.3 is 0 Å². The van der Waals surface area contributed by atoms with Gasteiger partial charge in [-0.1, -0.05) is 5.16 Å². The number of hydrogen-bond donors (Lipinski definition) is 2. The number of aryl methyl sites for hydroxylation is 2. The van der Waals surface area contributed by atoms with E-state index in [1.165, 1.54) is 11.0 Å². The van der Waals surface area contributed by atoms with Crippen LogP contribution >= 0.6 is 0 Å². The summed E-state index contributed by atoms with van der Waals surface area (Å²) in [5.74, 6) is 0.187. The molecule has 17 heavy (non-hydrogen) atoms. The first-order chi connectivity index (χ1) is 8.11. The molecule has 9 heteroatoms. The highest BCUT2D eigenvalue weighted by Crippen LogP contribution is 2.02. The molecule has 0 aliphatic heterocycles. The largest absolute Gasteiger partial charge is 0.409 e. The van der Waals surface area contributed by atoms with Crippen molar-refractivity contribution in [3.8, 4) is 5.95 Å². The zero-order valence-electron chi connectivity index (χ0n) is 9.23. The van der Waals surface area contributed by atoms with E-state index < -0.39 is 0 Å². The summed E-state index contributed by atoms with van der Waals surface area (Å²) < 4.78 is 1.30. The average Bonchev–Trinajstić information content (AvgIpc) is 2.81. The molecule has 0 saturated heterocycles. The van der Waals surface area contributed by atoms with Gasteiger partial charge in [0.2, 0.25) is 11.7 Å². The lowest BCUT2D eigenvalue weighted by molar-refractivity contribution is 0.318. The Morgan fingerprint density at radius 3 is 2.76 bits per heavy atom. The van der Waals surface area contributed by atoms with Gasteiger partial charge in [-0.2, -0.15) is 9.78 Å². The topological polar surface area (TPSA) is 128 Å². The molecule has 0 aliphatic rings. The van der Waals surface area contributed by atoms with Crippen LogP contribution in [0.1, 0.15) is 17.2 Å². The Bertz CT molecular complexity index is 575. The zero-order chi connectivity index (χ0) is 12.4. The summed E-state index contributed by atoms with van der Waals surface area (Å²) in [4.78, 5) is 8.03. The maximum absolute atomic E-state index is 8.48. The van der Waals surface area contributed by atoms with Gasteiger partial charge in [-0.25, -0.2) is 9.97 Å². The van der Waals surface area contributed by atoms with Crippen LogP contribution in [0.15, 0.2) is 11.5 Å². The van der Waals surface area contributed by atoms with E-state index >= 15 is 0 Å². The third kappa shape index (κ3) is 2.02. The summed E-state index contributed by atoms with van der Waals surface area (Å²) in [5, 5.41) is 23.0. The second-order valence-electron chi connectivity index (χ2n) is 3.28. The minimum Gasteiger partial charge on any atom is -0.409 e. The molecule has 0 unspecified atom stereocenters. The lowest BCUT2D eigenvalue weighted by atomic mass is 10.4. The lowest BCUT2D eigenvalue weighted by Crippen LogP contribution is -2.16. The van der Waals surface area contributed by atoms with Crippen molar-refractivity contribution < 1.29 is 5.21 Å². The summed E-state index contributed by atoms with van der Waals surface area (Å²) in [6.07, 6.45) is 1.36. The van der Waals surface area contributed by atoms with Crippen LogP contribution in [0.25, 0.3) is 5.95 Å². The van der Waals surface area contributed by atoms with Gasteiger partial charge < -0.3 is 10.9 Å². The Hall–Kier alpha value is -2.58. The molecular formula is C8H10N8O. The van der Waals surface area contributed by atoms with Gasteiger partial charge in [0.05, 0.1) is 11.4 Å². The van der Waals surface area contributed by atoms with E-state index in [0.29, 0.717) is 0 Å². The maximum Gasteiger partial charge on any atom is 0.271 e. The van der Waals surface area contributed by atoms with Gasteiger partial charge in [-0.3, -0.25) is 0 Å². The summed E-state index contributed by atoms with van der Waals surface area (Å²) >= 11 is 0. The van der Waals surface area contributed by atoms with Crippen molar-refractivity contribution in [3.05, 3.63) is 23.5 Å². The summed E-state index contributed by atoms with van der Waals surface area (Å²) in [7, 11) is 0. The van der Waals surface area contributed by atoms with Gasteiger partial charge in [0, 0.05) is 0 Å². The Kier molecular flexibility index (Phi) is 2.65. The predicted molar refractivity (Wildman–Crippen MR) is 56.7 cm³/mol. The molecule has 0 aromatic carbocycles. The van der Waals surface area contributed by atoms with Gasteiger partial charge in [0.15, 0.2) is 0 Å². The Labute approximate surface area is 96.0 Å². The van der Waals surface area contributed by atoms with Crippen molar-refractivity contribution in [1.82, 2.24) is 29.9 Å². The molecule has 0 spiro atoms. The van der Waals surface area contributed by atoms with Crippen molar-refractivity contribution in [2.24, 2.45) is 10.9 Å². The van der Waals surface area contributed by atoms with E-state index in [4.69, 9.17) is 10.9 Å². The van der Waals surface area contributed by atoms with E-state index in [9.17, 15) is 0 Å². The van der Waals surface area contributed by atoms with E-state index in [1.807, 2.05) is 13.8 Å². The van der Waals surface area contributed by atoms with Crippen molar-refractivity contribution in [3.63, 3.8) is 0 Å². The van der Waals surface area contributed by atoms with Crippen LogP contribution < -0.4 is 5.73 Å². The van der Waals surface area contributed by atoms with Crippen LogP contribution in [-0.4, -0.2) is 41.0 Å². The number of hydrogen-bond acceptors (Lipinski definition) is 7. The molecule has 2 aromatic heterocycles. The normalized spacial score (nSPS) is 11.8. The van der Waals surface area contributed by atoms with Crippen LogP contribution in [0.5, 0.6) is 0 Å². The number of rotatable bonds is 2. The second kappa shape index (κ2) is 4.12. The first-order valence-electron chi connectivity index (χ1n) is 4.69. The molecule has 0 saturated carbocycles. The van der Waals surface area contributed by atoms with Gasteiger partial charge in [-0.15, -0.1) is 10.2 Å². The highest BCUT2D eigenvalue weighted by Gasteiger charge is 2.09. The first-order valence-corrected chi connectivity index (χ1v) is 4.69. The average molecular weight is 234 g/mol. The number of nitrogens with two attached hydrogens (primary N) is 1. The fourth-order valence-corrected chi connectivity index (χ4v) is 1.06. The standard InChI is InChI=1S/C8H10N8O/c1-4-5(2)12-13-8(11-4)16-3-10-7(14-16)6(9)15-17/h3,17H,1-2H3,(H2,9,15). The predicted octanol–water partition coefficient (Wildman–Crippen LogP) is -0.836. The van der Waals surface area contributed by atoms with Crippen molar-refractivity contribution in [1.29, 1.82) is 0 Å². The number of amidine groups is 1. The monoisotopic (exact) mass is 234 g/mol. The third-order valence-corrected chi connectivity index (χ3v) is 2.11. The van der Waals surface area contributed by atoms with Crippen LogP contribution in [0.4, 0.5) is 0 Å². The molecule has 0 amide bonds. The van der Waals surface area contributed by atoms with Crippen molar-refractivity contribution >= 4 is 5.84 Å². The first kappa shape index (κ1) is 10.9. The van der Waals surface area contributed by atoms with Crippen LogP contribution in [-0.2, 0) is 0 Å². The van der Waals surface area contributed by atoms with Crippen LogP contribution in [0.2, 0.25) is 0 Å². The lowest BCUT2D eigenvalue weighted by Gasteiger charge is -2.00. The molecule has 0 fully saturated rings. The molecule has 0 aliphatic carbocycles. The van der Waals surface area contributed by atoms with E-state index in [-0.39, 0.29) is 17.6 Å². The third-order valence-electron chi connectivity index (χ3n) is 2.11. The molecule has 2 heterocycles. The smallest absolute Gasteiger partial charge is 0.271 e. The summed E-state index contributed by atoms with van der Waals surface area (Å²) in [6.45, 7) is 3.62. The molecule has 0 radical (unpaired) electrons. The molecule has 3 N–H and O–H groups in total. The quantitative estimate of drug-likeness (QED) is 0.300. The summed E-state index contributed by atoms with van der Waals surface area (Å²) in [6, 6.07) is 0. The Morgan fingerprint density at radius 1 is 1.35 bits per heavy atom. The fraction of sp³-hybridized carbons (Fsp3) is 0.250. The zero-order valence-corrected chi connectivity index (χ0v) is 9.23. The molecule has 2 rings (SSSR count). The molecule has 0 atom stereocenters. The number of oxime groups is 1. The minimum atomic E-state index is -0.180. The summed E-state index contributed by atoms with van der Waals surface area (Å²) in [5.41, 5.74) is 6.83. The minimum absolute atomic E-state index is 0.0920. The fourth-order valence-electron chi connectivity index (χ4n) is 1.06. The number of aromatic nitrogens is 6. The Morgan fingerprint density at radius 2 is 2.12 bits per heavy atom. The van der Waals surface area contributed by atoms with E-state index in [0.717, 1.165) is 11.4 Å². The van der Waals surface area contributed by atoms with Gasteiger partial charge in [0.25, 0.3) is 5.95 Å². The SMILES string of the molecule is Cc1nnc(-n2cnc(C(N)=NO)n2)nc1C. The Balaban J connectivity index is 2.40. The second-order valence-corrected chi connectivity index (χ2v) is 3.28. The maximum atomic E-state index is 8.48. The highest BCUT2D eigenvalue weighted by molar-refractivity contribution is 5.93. The molecule has 2 aromatic rings. The van der Waals surface area contributed by atoms with Crippen molar-refractivity contribution in [2.45, 2.75) is 13.8 Å². The van der Waals surface area contributed by atoms with E-state index in [2.05, 4.69) is 30.4 Å². The van der Waals surface area contributed by atoms with Gasteiger partial charge in [-0.05, 0) is 13.8 Å². The molecular weight excluding hydrogens is 224 g/mol.